The van der Waals surface area contributed by atoms with Crippen LogP contribution >= 0.6 is 34.4 Å². The average Bonchev–Trinajstić information content (AvgIpc) is 3.40. The van der Waals surface area contributed by atoms with Gasteiger partial charge < -0.3 is 10.6 Å². The zero-order chi connectivity index (χ0) is 20.9. The first-order chi connectivity index (χ1) is 14.6. The van der Waals surface area contributed by atoms with E-state index in [-0.39, 0.29) is 23.1 Å². The number of thioether (sulfide) groups is 1. The van der Waals surface area contributed by atoms with Gasteiger partial charge in [0, 0.05) is 34.8 Å². The number of nitrogens with zero attached hydrogens (tertiary/aromatic N) is 2. The third-order valence-corrected chi connectivity index (χ3v) is 6.58. The lowest BCUT2D eigenvalue weighted by Gasteiger charge is -2.08. The maximum Gasteiger partial charge on any atom is 0.265 e. The second kappa shape index (κ2) is 9.24. The Labute approximate surface area is 183 Å². The second-order valence-electron chi connectivity index (χ2n) is 6.19. The minimum Gasteiger partial charge on any atom is -0.325 e. The molecule has 2 N–H and O–H groups in total. The molecule has 0 unspecified atom stereocenters. The van der Waals surface area contributed by atoms with E-state index in [9.17, 15) is 14.4 Å². The third kappa shape index (κ3) is 4.96. The van der Waals surface area contributed by atoms with E-state index >= 15 is 0 Å². The first-order valence-corrected chi connectivity index (χ1v) is 11.8. The molecule has 0 aliphatic carbocycles. The molecule has 0 spiro atoms. The maximum absolute atomic E-state index is 12.3. The van der Waals surface area contributed by atoms with Crippen molar-refractivity contribution in [3.8, 4) is 0 Å². The Hall–Kier alpha value is -2.95. The highest BCUT2D eigenvalue weighted by Gasteiger charge is 2.09. The van der Waals surface area contributed by atoms with Gasteiger partial charge in [0.25, 0.3) is 11.5 Å². The first kappa shape index (κ1) is 20.3. The Bertz CT molecular complexity index is 1250. The number of nitrogens with one attached hydrogen (secondary N) is 2. The number of thiazole rings is 1. The number of anilines is 2. The number of amides is 2. The normalized spacial score (nSPS) is 10.8. The van der Waals surface area contributed by atoms with Crippen molar-refractivity contribution in [3.63, 3.8) is 0 Å². The van der Waals surface area contributed by atoms with E-state index in [2.05, 4.69) is 15.6 Å². The van der Waals surface area contributed by atoms with Crippen LogP contribution in [0.2, 0.25) is 0 Å². The predicted molar refractivity (Wildman–Crippen MR) is 123 cm³/mol. The van der Waals surface area contributed by atoms with Gasteiger partial charge in [0.1, 0.15) is 0 Å². The standard InChI is InChI=1S/C20H16N4O3S3/c25-17(12-28-11-15-10-18(26)24-6-8-30-20(24)23-15)21-13-3-1-4-14(9-13)22-19(27)16-5-2-7-29-16/h1-10H,11-12H2,(H,21,25)(H,22,27). The fourth-order valence-corrected chi connectivity index (χ4v) is 4.76. The topological polar surface area (TPSA) is 92.6 Å². The van der Waals surface area contributed by atoms with Crippen molar-refractivity contribution in [2.24, 2.45) is 0 Å². The lowest BCUT2D eigenvalue weighted by molar-refractivity contribution is -0.113. The van der Waals surface area contributed by atoms with E-state index in [1.54, 1.807) is 36.5 Å². The molecule has 10 heteroatoms. The van der Waals surface area contributed by atoms with Gasteiger partial charge in [0.15, 0.2) is 4.96 Å². The summed E-state index contributed by atoms with van der Waals surface area (Å²) in [5.74, 6) is 0.330. The van der Waals surface area contributed by atoms with Crippen molar-refractivity contribution in [2.75, 3.05) is 16.4 Å². The Morgan fingerprint density at radius 3 is 2.67 bits per heavy atom. The third-order valence-electron chi connectivity index (χ3n) is 3.99. The highest BCUT2D eigenvalue weighted by molar-refractivity contribution is 7.99. The molecule has 0 aliphatic rings. The van der Waals surface area contributed by atoms with Crippen molar-refractivity contribution in [2.45, 2.75) is 5.75 Å². The highest BCUT2D eigenvalue weighted by atomic mass is 32.2. The van der Waals surface area contributed by atoms with Crippen LogP contribution in [-0.2, 0) is 10.5 Å². The van der Waals surface area contributed by atoms with Gasteiger partial charge in [0.2, 0.25) is 5.91 Å². The summed E-state index contributed by atoms with van der Waals surface area (Å²) < 4.78 is 1.50. The minimum absolute atomic E-state index is 0.122. The van der Waals surface area contributed by atoms with Crippen molar-refractivity contribution in [1.82, 2.24) is 9.38 Å². The fraction of sp³-hybridized carbons (Fsp3) is 0.100. The van der Waals surface area contributed by atoms with Crippen LogP contribution in [0.3, 0.4) is 0 Å². The molecule has 1 aromatic carbocycles. The molecule has 0 radical (unpaired) electrons. The van der Waals surface area contributed by atoms with E-state index in [4.69, 9.17) is 0 Å². The summed E-state index contributed by atoms with van der Waals surface area (Å²) in [6, 6.07) is 12.1. The molecule has 0 saturated carbocycles. The molecule has 4 aromatic rings. The molecule has 0 atom stereocenters. The van der Waals surface area contributed by atoms with Gasteiger partial charge in [-0.3, -0.25) is 18.8 Å². The minimum atomic E-state index is -0.185. The van der Waals surface area contributed by atoms with Crippen LogP contribution in [0.4, 0.5) is 11.4 Å². The average molecular weight is 457 g/mol. The molecule has 7 nitrogen and oxygen atoms in total. The number of aromatic nitrogens is 2. The number of hydrogen-bond acceptors (Lipinski definition) is 7. The summed E-state index contributed by atoms with van der Waals surface area (Å²) in [5.41, 5.74) is 1.73. The summed E-state index contributed by atoms with van der Waals surface area (Å²) in [6.45, 7) is 0. The fourth-order valence-electron chi connectivity index (χ4n) is 2.68. The van der Waals surface area contributed by atoms with Gasteiger partial charge in [-0.25, -0.2) is 4.98 Å². The molecule has 2 amide bonds. The summed E-state index contributed by atoms with van der Waals surface area (Å²) in [6.07, 6.45) is 1.69. The zero-order valence-corrected chi connectivity index (χ0v) is 18.0. The van der Waals surface area contributed by atoms with Gasteiger partial charge in [0.05, 0.1) is 16.3 Å². The van der Waals surface area contributed by atoms with Gasteiger partial charge in [-0.2, -0.15) is 0 Å². The van der Waals surface area contributed by atoms with Crippen LogP contribution in [0.1, 0.15) is 15.4 Å². The second-order valence-corrected chi connectivity index (χ2v) is 9.00. The van der Waals surface area contributed by atoms with Crippen LogP contribution in [0.25, 0.3) is 4.96 Å². The number of benzene rings is 1. The van der Waals surface area contributed by atoms with Crippen LogP contribution in [0.15, 0.2) is 64.2 Å². The van der Waals surface area contributed by atoms with Crippen LogP contribution in [0.5, 0.6) is 0 Å². The molecular weight excluding hydrogens is 440 g/mol. The van der Waals surface area contributed by atoms with Crippen molar-refractivity contribution < 1.29 is 9.59 Å². The van der Waals surface area contributed by atoms with Crippen LogP contribution in [0, 0.1) is 0 Å². The summed E-state index contributed by atoms with van der Waals surface area (Å²) in [7, 11) is 0. The largest absolute Gasteiger partial charge is 0.325 e. The molecule has 0 fully saturated rings. The Morgan fingerprint density at radius 1 is 1.03 bits per heavy atom. The smallest absolute Gasteiger partial charge is 0.265 e. The van der Waals surface area contributed by atoms with E-state index in [1.807, 2.05) is 16.8 Å². The van der Waals surface area contributed by atoms with Gasteiger partial charge in [-0.1, -0.05) is 12.1 Å². The molecule has 3 aromatic heterocycles. The van der Waals surface area contributed by atoms with Crippen molar-refractivity contribution in [3.05, 3.63) is 80.3 Å². The Kier molecular flexibility index (Phi) is 6.26. The van der Waals surface area contributed by atoms with Crippen molar-refractivity contribution in [1.29, 1.82) is 0 Å². The number of carbonyl (C=O) groups excluding carboxylic acids is 2. The summed E-state index contributed by atoms with van der Waals surface area (Å²) in [5, 5.41) is 9.29. The SMILES string of the molecule is O=C(CSCc1cc(=O)n2ccsc2n1)Nc1cccc(NC(=O)c2cccs2)c1. The number of fused-ring (bicyclic) bond motifs is 1. The molecule has 4 rings (SSSR count). The molecule has 30 heavy (non-hydrogen) atoms. The van der Waals surface area contributed by atoms with E-state index in [1.165, 1.54) is 44.9 Å². The molecular formula is C20H16N4O3S3. The van der Waals surface area contributed by atoms with E-state index in [0.29, 0.717) is 32.7 Å². The predicted octanol–water partition coefficient (Wildman–Crippen LogP) is 3.94. The zero-order valence-electron chi connectivity index (χ0n) is 15.5. The Morgan fingerprint density at radius 2 is 1.87 bits per heavy atom. The lowest BCUT2D eigenvalue weighted by atomic mass is 10.2. The quantitative estimate of drug-likeness (QED) is 0.439. The molecule has 0 saturated heterocycles. The van der Waals surface area contributed by atoms with E-state index in [0.717, 1.165) is 0 Å². The Balaban J connectivity index is 1.30. The number of hydrogen-bond donors (Lipinski definition) is 2. The van der Waals surface area contributed by atoms with Gasteiger partial charge in [-0.15, -0.1) is 34.4 Å². The summed E-state index contributed by atoms with van der Waals surface area (Å²) in [4.78, 5) is 42.1. The monoisotopic (exact) mass is 456 g/mol. The molecule has 3 heterocycles. The molecule has 152 valence electrons. The summed E-state index contributed by atoms with van der Waals surface area (Å²) >= 11 is 4.14. The number of thiophene rings is 1. The van der Waals surface area contributed by atoms with Gasteiger partial charge in [-0.05, 0) is 29.6 Å². The first-order valence-electron chi connectivity index (χ1n) is 8.87. The lowest BCUT2D eigenvalue weighted by Crippen LogP contribution is -2.16. The van der Waals surface area contributed by atoms with E-state index < -0.39 is 0 Å². The van der Waals surface area contributed by atoms with Gasteiger partial charge >= 0.3 is 0 Å². The molecule has 0 bridgehead atoms. The molecule has 0 aliphatic heterocycles. The van der Waals surface area contributed by atoms with Crippen LogP contribution in [-0.4, -0.2) is 27.0 Å². The number of rotatable bonds is 7. The highest BCUT2D eigenvalue weighted by Crippen LogP contribution is 2.18. The maximum atomic E-state index is 12.3. The van der Waals surface area contributed by atoms with Crippen molar-refractivity contribution >= 4 is 62.6 Å². The number of carbonyl (C=O) groups is 2. The van der Waals surface area contributed by atoms with Crippen LogP contribution < -0.4 is 16.2 Å².